The molecule has 1 aliphatic rings. The van der Waals surface area contributed by atoms with Crippen LogP contribution in [0, 0.1) is 12.7 Å². The highest BCUT2D eigenvalue weighted by Gasteiger charge is 2.30. The molecule has 0 spiro atoms. The van der Waals surface area contributed by atoms with Gasteiger partial charge in [0.05, 0.1) is 12.2 Å². The van der Waals surface area contributed by atoms with Crippen molar-refractivity contribution >= 4 is 46.2 Å². The number of aromatic nitrogens is 2. The van der Waals surface area contributed by atoms with E-state index in [1.165, 1.54) is 23.4 Å². The van der Waals surface area contributed by atoms with E-state index in [0.29, 0.717) is 10.9 Å². The third-order valence-corrected chi connectivity index (χ3v) is 6.19. The number of halogens is 1. The maximum Gasteiger partial charge on any atom is 0.412 e. The number of hydrogen-bond donors (Lipinski definition) is 3. The lowest BCUT2D eigenvalue weighted by atomic mass is 9.96. The molecule has 0 unspecified atom stereocenters. The van der Waals surface area contributed by atoms with E-state index in [1.54, 1.807) is 47.6 Å². The van der Waals surface area contributed by atoms with Crippen molar-refractivity contribution in [2.75, 3.05) is 28.3 Å². The molecule has 0 fully saturated rings. The van der Waals surface area contributed by atoms with Crippen molar-refractivity contribution in [1.82, 2.24) is 9.97 Å². The summed E-state index contributed by atoms with van der Waals surface area (Å²) in [5.74, 6) is -0.475. The smallest absolute Gasteiger partial charge is 0.412 e. The van der Waals surface area contributed by atoms with E-state index in [4.69, 9.17) is 15.2 Å². The summed E-state index contributed by atoms with van der Waals surface area (Å²) in [5.41, 5.74) is 5.42. The van der Waals surface area contributed by atoms with Gasteiger partial charge in [-0.1, -0.05) is 0 Å². The van der Waals surface area contributed by atoms with E-state index in [9.17, 15) is 19.5 Å². The van der Waals surface area contributed by atoms with Crippen LogP contribution in [0.3, 0.4) is 0 Å². The SMILES string of the molecule is Cc1c(-c2cc3cc(N(C(N)=O)C(C)C)ncc3c(NC(=O)OC(C)(C)C)c2F)cnc2c1N(C(=O)O)CCO2. The van der Waals surface area contributed by atoms with Crippen LogP contribution < -0.4 is 25.6 Å². The number of fused-ring (bicyclic) bond motifs is 2. The number of nitrogens with zero attached hydrogens (tertiary/aromatic N) is 4. The van der Waals surface area contributed by atoms with Gasteiger partial charge in [-0.25, -0.2) is 28.7 Å². The van der Waals surface area contributed by atoms with Crippen molar-refractivity contribution in [3.8, 4) is 17.0 Å². The van der Waals surface area contributed by atoms with Gasteiger partial charge in [-0.15, -0.1) is 0 Å². The van der Waals surface area contributed by atoms with Crippen LogP contribution in [0.5, 0.6) is 5.88 Å². The van der Waals surface area contributed by atoms with Gasteiger partial charge in [0, 0.05) is 34.9 Å². The largest absolute Gasteiger partial charge is 0.474 e. The van der Waals surface area contributed by atoms with Crippen molar-refractivity contribution in [3.05, 3.63) is 35.9 Å². The Morgan fingerprint density at radius 2 is 1.90 bits per heavy atom. The first-order valence-corrected chi connectivity index (χ1v) is 12.5. The molecule has 1 aliphatic heterocycles. The maximum atomic E-state index is 16.3. The van der Waals surface area contributed by atoms with Gasteiger partial charge in [-0.05, 0) is 64.6 Å². The molecule has 0 saturated carbocycles. The molecule has 0 saturated heterocycles. The number of nitrogens with two attached hydrogens (primary N) is 1. The Balaban J connectivity index is 1.98. The predicted octanol–water partition coefficient (Wildman–Crippen LogP) is 5.26. The van der Waals surface area contributed by atoms with Gasteiger partial charge in [-0.2, -0.15) is 0 Å². The van der Waals surface area contributed by atoms with Crippen LogP contribution in [0.4, 0.5) is 36.0 Å². The molecule has 3 heterocycles. The molecule has 0 atom stereocenters. The van der Waals surface area contributed by atoms with Gasteiger partial charge in [0.2, 0.25) is 5.88 Å². The molecule has 12 nitrogen and oxygen atoms in total. The Hall–Kier alpha value is -4.68. The molecule has 1 aromatic carbocycles. The summed E-state index contributed by atoms with van der Waals surface area (Å²) >= 11 is 0. The first-order chi connectivity index (χ1) is 18.7. The number of primary amides is 1. The number of carbonyl (C=O) groups excluding carboxylic acids is 2. The fraction of sp³-hybridized carbons (Fsp3) is 0.370. The van der Waals surface area contributed by atoms with Crippen LogP contribution in [0.25, 0.3) is 21.9 Å². The number of carboxylic acid groups (broad SMARTS) is 1. The molecular formula is C27H31FN6O6. The number of urea groups is 1. The Kier molecular flexibility index (Phi) is 7.42. The predicted molar refractivity (Wildman–Crippen MR) is 148 cm³/mol. The molecule has 3 aromatic rings. The molecule has 0 radical (unpaired) electrons. The fourth-order valence-corrected chi connectivity index (χ4v) is 4.55. The summed E-state index contributed by atoms with van der Waals surface area (Å²) in [4.78, 5) is 47.7. The molecule has 4 N–H and O–H groups in total. The van der Waals surface area contributed by atoms with E-state index in [0.717, 1.165) is 4.90 Å². The van der Waals surface area contributed by atoms with Crippen LogP contribution in [-0.4, -0.2) is 58.1 Å². The standard InChI is InChI=1S/C27H31FN6O6/c1-13(2)34(24(29)35)19-10-15-9-16(17-11-31-23-22(14(17)3)33(26(37)38)7-8-39-23)20(28)21(18(15)12-30-19)32-25(36)40-27(4,5)6/h9-13H,7-8H2,1-6H3,(H2,29,35)(H,32,36)(H,37,38). The number of amides is 4. The average Bonchev–Trinajstić information content (AvgIpc) is 2.84. The second kappa shape index (κ2) is 10.5. The zero-order chi connectivity index (χ0) is 29.5. The fourth-order valence-electron chi connectivity index (χ4n) is 4.55. The molecule has 4 rings (SSSR count). The minimum atomic E-state index is -1.20. The topological polar surface area (TPSA) is 160 Å². The summed E-state index contributed by atoms with van der Waals surface area (Å²) in [6, 6.07) is 2.02. The summed E-state index contributed by atoms with van der Waals surface area (Å²) in [5, 5.41) is 12.9. The zero-order valence-corrected chi connectivity index (χ0v) is 23.0. The van der Waals surface area contributed by atoms with Crippen molar-refractivity contribution in [2.24, 2.45) is 5.73 Å². The minimum absolute atomic E-state index is 0.0228. The van der Waals surface area contributed by atoms with E-state index in [1.807, 2.05) is 0 Å². The van der Waals surface area contributed by atoms with Crippen LogP contribution in [0.15, 0.2) is 24.5 Å². The third kappa shape index (κ3) is 5.40. The normalized spacial score (nSPS) is 13.1. The number of pyridine rings is 2. The summed E-state index contributed by atoms with van der Waals surface area (Å²) in [7, 11) is 0. The Bertz CT molecular complexity index is 1520. The van der Waals surface area contributed by atoms with Gasteiger partial charge in [-0.3, -0.25) is 15.1 Å². The van der Waals surface area contributed by atoms with Crippen molar-refractivity contribution < 1.29 is 33.4 Å². The zero-order valence-electron chi connectivity index (χ0n) is 23.0. The first-order valence-electron chi connectivity index (χ1n) is 12.5. The number of hydrogen-bond acceptors (Lipinski definition) is 7. The van der Waals surface area contributed by atoms with Crippen LogP contribution >= 0.6 is 0 Å². The molecule has 13 heteroatoms. The summed E-state index contributed by atoms with van der Waals surface area (Å²) < 4.78 is 27.2. The summed E-state index contributed by atoms with van der Waals surface area (Å²) in [6.45, 7) is 10.4. The quantitative estimate of drug-likeness (QED) is 0.394. The number of rotatable bonds is 4. The van der Waals surface area contributed by atoms with Crippen molar-refractivity contribution in [2.45, 2.75) is 53.2 Å². The van der Waals surface area contributed by atoms with Gasteiger partial charge in [0.1, 0.15) is 23.7 Å². The Morgan fingerprint density at radius 1 is 1.20 bits per heavy atom. The van der Waals surface area contributed by atoms with Crippen LogP contribution in [0.1, 0.15) is 40.2 Å². The lowest BCUT2D eigenvalue weighted by Crippen LogP contribution is -2.41. The highest BCUT2D eigenvalue weighted by Crippen LogP contribution is 2.42. The molecule has 40 heavy (non-hydrogen) atoms. The number of ether oxygens (including phenoxy) is 2. The first kappa shape index (κ1) is 28.3. The molecular weight excluding hydrogens is 523 g/mol. The summed E-state index contributed by atoms with van der Waals surface area (Å²) in [6.07, 6.45) is 0.627. The van der Waals surface area contributed by atoms with Gasteiger partial charge in [0.15, 0.2) is 5.82 Å². The number of anilines is 3. The molecule has 4 amide bonds. The van der Waals surface area contributed by atoms with Gasteiger partial charge in [0.25, 0.3) is 0 Å². The van der Waals surface area contributed by atoms with Crippen LogP contribution in [0.2, 0.25) is 0 Å². The second-order valence-electron chi connectivity index (χ2n) is 10.5. The minimum Gasteiger partial charge on any atom is -0.474 e. The lowest BCUT2D eigenvalue weighted by Gasteiger charge is -2.29. The number of benzene rings is 1. The highest BCUT2D eigenvalue weighted by atomic mass is 19.1. The van der Waals surface area contributed by atoms with E-state index in [-0.39, 0.29) is 58.8 Å². The molecule has 0 bridgehead atoms. The molecule has 212 valence electrons. The monoisotopic (exact) mass is 554 g/mol. The van der Waals surface area contributed by atoms with Crippen molar-refractivity contribution in [3.63, 3.8) is 0 Å². The Morgan fingerprint density at radius 3 is 2.50 bits per heavy atom. The lowest BCUT2D eigenvalue weighted by molar-refractivity contribution is 0.0635. The highest BCUT2D eigenvalue weighted by molar-refractivity contribution is 6.05. The average molecular weight is 555 g/mol. The van der Waals surface area contributed by atoms with E-state index < -0.39 is 29.6 Å². The van der Waals surface area contributed by atoms with Gasteiger partial charge < -0.3 is 20.3 Å². The maximum absolute atomic E-state index is 16.3. The Labute approximate surface area is 229 Å². The molecule has 0 aliphatic carbocycles. The van der Waals surface area contributed by atoms with E-state index in [2.05, 4.69) is 15.3 Å². The van der Waals surface area contributed by atoms with Crippen molar-refractivity contribution in [1.29, 1.82) is 0 Å². The van der Waals surface area contributed by atoms with E-state index >= 15 is 4.39 Å². The second-order valence-corrected chi connectivity index (χ2v) is 10.5. The third-order valence-electron chi connectivity index (χ3n) is 6.19. The number of carbonyl (C=O) groups is 3. The number of nitrogens with one attached hydrogen (secondary N) is 1. The molecule has 2 aromatic heterocycles. The van der Waals surface area contributed by atoms with Crippen LogP contribution in [-0.2, 0) is 4.74 Å². The van der Waals surface area contributed by atoms with Gasteiger partial charge >= 0.3 is 18.2 Å².